The van der Waals surface area contributed by atoms with Crippen LogP contribution in [0.5, 0.6) is 5.75 Å². The Hall–Kier alpha value is -3.36. The van der Waals surface area contributed by atoms with E-state index in [0.29, 0.717) is 16.6 Å². The Morgan fingerprint density at radius 2 is 1.81 bits per heavy atom. The number of rotatable bonds is 5. The first-order chi connectivity index (χ1) is 12.8. The van der Waals surface area contributed by atoms with Gasteiger partial charge in [-0.05, 0) is 36.4 Å². The molecule has 0 fully saturated rings. The normalized spacial score (nSPS) is 11.4. The van der Waals surface area contributed by atoms with Crippen molar-refractivity contribution in [2.24, 2.45) is 0 Å². The molecule has 1 amide bonds. The van der Waals surface area contributed by atoms with Crippen molar-refractivity contribution in [2.75, 3.05) is 5.32 Å². The summed E-state index contributed by atoms with van der Waals surface area (Å²) in [5.41, 5.74) is 0.643. The molecule has 0 atom stereocenters. The van der Waals surface area contributed by atoms with Crippen molar-refractivity contribution in [2.45, 2.75) is 19.3 Å². The topological polar surface area (TPSA) is 73.2 Å². The summed E-state index contributed by atoms with van der Waals surface area (Å²) in [6.07, 6.45) is -3.39. The van der Waals surface area contributed by atoms with E-state index in [-0.39, 0.29) is 30.2 Å². The molecule has 3 aromatic rings. The second-order valence-corrected chi connectivity index (χ2v) is 5.63. The Labute approximate surface area is 151 Å². The number of hydrogen-bond acceptors (Lipinski definition) is 4. The molecular formula is C18H14F3N3O3. The van der Waals surface area contributed by atoms with Crippen molar-refractivity contribution in [3.8, 4) is 5.75 Å². The van der Waals surface area contributed by atoms with Crippen LogP contribution >= 0.6 is 0 Å². The fourth-order valence-corrected chi connectivity index (χ4v) is 2.45. The van der Waals surface area contributed by atoms with Gasteiger partial charge in [-0.3, -0.25) is 14.2 Å². The van der Waals surface area contributed by atoms with E-state index in [0.717, 1.165) is 12.1 Å². The fraction of sp³-hybridized carbons (Fsp3) is 0.167. The maximum absolute atomic E-state index is 12.3. The summed E-state index contributed by atoms with van der Waals surface area (Å²) < 4.78 is 41.4. The number of nitrogens with one attached hydrogen (secondary N) is 1. The Bertz CT molecular complexity index is 1010. The van der Waals surface area contributed by atoms with Gasteiger partial charge in [0.1, 0.15) is 5.75 Å². The molecular weight excluding hydrogens is 363 g/mol. The number of para-hydroxylation sites is 1. The molecule has 0 saturated heterocycles. The first kappa shape index (κ1) is 18.4. The molecule has 1 aromatic heterocycles. The number of hydrogen-bond donors (Lipinski definition) is 1. The van der Waals surface area contributed by atoms with Crippen LogP contribution in [0.3, 0.4) is 0 Å². The zero-order chi connectivity index (χ0) is 19.4. The van der Waals surface area contributed by atoms with E-state index in [9.17, 15) is 22.8 Å². The molecule has 0 saturated carbocycles. The van der Waals surface area contributed by atoms with E-state index in [2.05, 4.69) is 15.0 Å². The molecule has 0 spiro atoms. The van der Waals surface area contributed by atoms with Crippen LogP contribution in [0.1, 0.15) is 6.42 Å². The van der Waals surface area contributed by atoms with Crippen LogP contribution in [0.15, 0.2) is 59.7 Å². The number of carbonyl (C=O) groups excluding carboxylic acids is 1. The first-order valence-corrected chi connectivity index (χ1v) is 7.92. The quantitative estimate of drug-likeness (QED) is 0.740. The molecule has 0 aliphatic rings. The number of alkyl halides is 3. The minimum Gasteiger partial charge on any atom is -0.406 e. The predicted molar refractivity (Wildman–Crippen MR) is 92.4 cm³/mol. The number of carbonyl (C=O) groups is 1. The van der Waals surface area contributed by atoms with Crippen molar-refractivity contribution < 1.29 is 22.7 Å². The third-order valence-electron chi connectivity index (χ3n) is 3.68. The molecule has 0 bridgehead atoms. The van der Waals surface area contributed by atoms with E-state index >= 15 is 0 Å². The van der Waals surface area contributed by atoms with Gasteiger partial charge in [0.25, 0.3) is 5.56 Å². The van der Waals surface area contributed by atoms with Gasteiger partial charge in [0.2, 0.25) is 5.91 Å². The molecule has 140 valence electrons. The standard InChI is InChI=1S/C18H14F3N3O3/c19-18(20,21)27-13-7-5-12(6-8-13)23-16(25)9-10-24-11-22-15-4-2-1-3-14(15)17(24)26/h1-8,11H,9-10H2,(H,23,25). The molecule has 1 N–H and O–H groups in total. The second-order valence-electron chi connectivity index (χ2n) is 5.63. The van der Waals surface area contributed by atoms with Gasteiger partial charge in [0, 0.05) is 18.7 Å². The highest BCUT2D eigenvalue weighted by Gasteiger charge is 2.30. The third-order valence-corrected chi connectivity index (χ3v) is 3.68. The number of aromatic nitrogens is 2. The lowest BCUT2D eigenvalue weighted by atomic mass is 10.2. The summed E-state index contributed by atoms with van der Waals surface area (Å²) in [5.74, 6) is -0.770. The Kier molecular flexibility index (Phi) is 5.11. The molecule has 0 unspecified atom stereocenters. The highest BCUT2D eigenvalue weighted by Crippen LogP contribution is 2.23. The largest absolute Gasteiger partial charge is 0.573 e. The maximum atomic E-state index is 12.3. The lowest BCUT2D eigenvalue weighted by Crippen LogP contribution is -2.23. The van der Waals surface area contributed by atoms with Gasteiger partial charge in [-0.15, -0.1) is 13.2 Å². The summed E-state index contributed by atoms with van der Waals surface area (Å²) in [6.45, 7) is 0.123. The van der Waals surface area contributed by atoms with Crippen LogP contribution in [0.4, 0.5) is 18.9 Å². The number of ether oxygens (including phenoxy) is 1. The van der Waals surface area contributed by atoms with Crippen molar-refractivity contribution >= 4 is 22.5 Å². The van der Waals surface area contributed by atoms with E-state index in [4.69, 9.17) is 0 Å². The molecule has 3 rings (SSSR count). The lowest BCUT2D eigenvalue weighted by Gasteiger charge is -2.10. The highest BCUT2D eigenvalue weighted by molar-refractivity contribution is 5.90. The number of anilines is 1. The van der Waals surface area contributed by atoms with E-state index in [1.54, 1.807) is 24.3 Å². The molecule has 6 nitrogen and oxygen atoms in total. The number of amides is 1. The summed E-state index contributed by atoms with van der Waals surface area (Å²) in [4.78, 5) is 28.5. The lowest BCUT2D eigenvalue weighted by molar-refractivity contribution is -0.274. The van der Waals surface area contributed by atoms with Crippen molar-refractivity contribution in [3.05, 3.63) is 65.2 Å². The molecule has 27 heavy (non-hydrogen) atoms. The number of aryl methyl sites for hydroxylation is 1. The average molecular weight is 377 g/mol. The van der Waals surface area contributed by atoms with Gasteiger partial charge in [-0.2, -0.15) is 0 Å². The number of fused-ring (bicyclic) bond motifs is 1. The molecule has 0 radical (unpaired) electrons. The molecule has 1 heterocycles. The fourth-order valence-electron chi connectivity index (χ4n) is 2.45. The zero-order valence-corrected chi connectivity index (χ0v) is 13.9. The number of nitrogens with zero attached hydrogens (tertiary/aromatic N) is 2. The van der Waals surface area contributed by atoms with E-state index < -0.39 is 6.36 Å². The smallest absolute Gasteiger partial charge is 0.406 e. The van der Waals surface area contributed by atoms with Crippen molar-refractivity contribution in [1.29, 1.82) is 0 Å². The van der Waals surface area contributed by atoms with Gasteiger partial charge in [-0.25, -0.2) is 4.98 Å². The van der Waals surface area contributed by atoms with Crippen LogP contribution in [0.25, 0.3) is 10.9 Å². The number of halogens is 3. The molecule has 0 aliphatic carbocycles. The van der Waals surface area contributed by atoms with Crippen molar-refractivity contribution in [1.82, 2.24) is 9.55 Å². The Morgan fingerprint density at radius 1 is 1.11 bits per heavy atom. The molecule has 9 heteroatoms. The van der Waals surface area contributed by atoms with Gasteiger partial charge >= 0.3 is 6.36 Å². The summed E-state index contributed by atoms with van der Waals surface area (Å²) in [6, 6.07) is 11.7. The SMILES string of the molecule is O=C(CCn1cnc2ccccc2c1=O)Nc1ccc(OC(F)(F)F)cc1. The van der Waals surface area contributed by atoms with Gasteiger partial charge in [0.05, 0.1) is 17.2 Å². The Morgan fingerprint density at radius 3 is 2.52 bits per heavy atom. The van der Waals surface area contributed by atoms with Gasteiger partial charge in [0.15, 0.2) is 0 Å². The highest BCUT2D eigenvalue weighted by atomic mass is 19.4. The second kappa shape index (κ2) is 7.48. The Balaban J connectivity index is 1.60. The van der Waals surface area contributed by atoms with Crippen LogP contribution in [0, 0.1) is 0 Å². The minimum atomic E-state index is -4.77. The summed E-state index contributed by atoms with van der Waals surface area (Å²) in [7, 11) is 0. The van der Waals surface area contributed by atoms with Gasteiger partial charge in [-0.1, -0.05) is 12.1 Å². The van der Waals surface area contributed by atoms with Crippen LogP contribution in [-0.4, -0.2) is 21.8 Å². The summed E-state index contributed by atoms with van der Waals surface area (Å²) in [5, 5.41) is 3.01. The van der Waals surface area contributed by atoms with Crippen LogP contribution < -0.4 is 15.6 Å². The van der Waals surface area contributed by atoms with E-state index in [1.807, 2.05) is 0 Å². The zero-order valence-electron chi connectivity index (χ0n) is 13.9. The molecule has 2 aromatic carbocycles. The minimum absolute atomic E-state index is 0.000724. The van der Waals surface area contributed by atoms with Crippen molar-refractivity contribution in [3.63, 3.8) is 0 Å². The monoisotopic (exact) mass is 377 g/mol. The first-order valence-electron chi connectivity index (χ1n) is 7.92. The number of benzene rings is 2. The van der Waals surface area contributed by atoms with E-state index in [1.165, 1.54) is 23.0 Å². The third kappa shape index (κ3) is 4.84. The summed E-state index contributed by atoms with van der Waals surface area (Å²) >= 11 is 0. The van der Waals surface area contributed by atoms with Crippen LogP contribution in [0.2, 0.25) is 0 Å². The van der Waals surface area contributed by atoms with Gasteiger partial charge < -0.3 is 10.1 Å². The van der Waals surface area contributed by atoms with Crippen LogP contribution in [-0.2, 0) is 11.3 Å². The predicted octanol–water partition coefficient (Wildman–Crippen LogP) is 3.32. The average Bonchev–Trinajstić information content (AvgIpc) is 2.62. The molecule has 0 aliphatic heterocycles. The maximum Gasteiger partial charge on any atom is 0.573 e.